The number of aliphatic hydroxyl groups is 1. The Balaban J connectivity index is 3.83. The van der Waals surface area contributed by atoms with Gasteiger partial charge in [0.25, 0.3) is 0 Å². The average molecular weight is 173 g/mol. The summed E-state index contributed by atoms with van der Waals surface area (Å²) in [5, 5.41) is 8.60. The van der Waals surface area contributed by atoms with Gasteiger partial charge < -0.3 is 14.7 Å². The molecule has 0 saturated carbocycles. The third-order valence-electron chi connectivity index (χ3n) is 1.42. The van der Waals surface area contributed by atoms with Gasteiger partial charge in [-0.2, -0.15) is 0 Å². The first-order chi connectivity index (χ1) is 5.74. The van der Waals surface area contributed by atoms with Gasteiger partial charge in [-0.3, -0.25) is 0 Å². The lowest BCUT2D eigenvalue weighted by Crippen LogP contribution is -2.20. The maximum absolute atomic E-state index is 10.6. The largest absolute Gasteiger partial charge is 0.466 e. The minimum absolute atomic E-state index is 0.0827. The number of hydrogen-bond acceptors (Lipinski definition) is 4. The van der Waals surface area contributed by atoms with Crippen molar-refractivity contribution in [3.05, 3.63) is 12.3 Å². The van der Waals surface area contributed by atoms with Crippen molar-refractivity contribution in [2.45, 2.75) is 6.92 Å². The summed E-state index contributed by atoms with van der Waals surface area (Å²) in [6, 6.07) is 0. The van der Waals surface area contributed by atoms with Crippen LogP contribution in [0, 0.1) is 0 Å². The third kappa shape index (κ3) is 4.73. The fraction of sp³-hybridized carbons (Fsp3) is 0.625. The van der Waals surface area contributed by atoms with Crippen LogP contribution in [0.5, 0.6) is 0 Å². The topological polar surface area (TPSA) is 49.8 Å². The Morgan fingerprint density at radius 3 is 2.75 bits per heavy atom. The van der Waals surface area contributed by atoms with E-state index in [-0.39, 0.29) is 12.6 Å². The molecule has 12 heavy (non-hydrogen) atoms. The van der Waals surface area contributed by atoms with Gasteiger partial charge in [-0.15, -0.1) is 0 Å². The van der Waals surface area contributed by atoms with E-state index in [1.165, 1.54) is 13.2 Å². The summed E-state index contributed by atoms with van der Waals surface area (Å²) in [4.78, 5) is 12.5. The van der Waals surface area contributed by atoms with Crippen molar-refractivity contribution in [2.24, 2.45) is 0 Å². The summed E-state index contributed by atoms with van der Waals surface area (Å²) in [6.07, 6.45) is 2.95. The number of ether oxygens (including phenoxy) is 1. The highest BCUT2D eigenvalue weighted by atomic mass is 16.5. The molecule has 0 saturated heterocycles. The molecule has 4 nitrogen and oxygen atoms in total. The molecule has 0 spiro atoms. The van der Waals surface area contributed by atoms with E-state index in [1.807, 2.05) is 11.8 Å². The molecular formula is C8H15NO3. The van der Waals surface area contributed by atoms with Crippen LogP contribution < -0.4 is 0 Å². The smallest absolute Gasteiger partial charge is 0.331 e. The number of aliphatic hydroxyl groups excluding tert-OH is 1. The second-order valence-corrected chi connectivity index (χ2v) is 2.19. The molecule has 0 radical (unpaired) electrons. The molecule has 0 aromatic carbocycles. The lowest BCUT2D eigenvalue weighted by Gasteiger charge is -2.15. The van der Waals surface area contributed by atoms with Crippen molar-refractivity contribution >= 4 is 5.97 Å². The predicted molar refractivity (Wildman–Crippen MR) is 45.5 cm³/mol. The van der Waals surface area contributed by atoms with Gasteiger partial charge in [-0.1, -0.05) is 0 Å². The molecule has 0 fully saturated rings. The molecule has 70 valence electrons. The number of hydrogen-bond donors (Lipinski definition) is 1. The summed E-state index contributed by atoms with van der Waals surface area (Å²) < 4.78 is 4.41. The van der Waals surface area contributed by atoms with E-state index in [2.05, 4.69) is 4.74 Å². The van der Waals surface area contributed by atoms with Crippen molar-refractivity contribution < 1.29 is 14.6 Å². The Kier molecular flexibility index (Phi) is 6.09. The quantitative estimate of drug-likeness (QED) is 0.469. The van der Waals surface area contributed by atoms with Gasteiger partial charge in [-0.25, -0.2) is 4.79 Å². The highest BCUT2D eigenvalue weighted by Gasteiger charge is 1.95. The molecule has 0 unspecified atom stereocenters. The van der Waals surface area contributed by atoms with Crippen LogP contribution in [-0.2, 0) is 9.53 Å². The van der Waals surface area contributed by atoms with E-state index in [1.54, 1.807) is 6.20 Å². The average Bonchev–Trinajstić information content (AvgIpc) is 2.11. The Bertz CT molecular complexity index is 156. The highest BCUT2D eigenvalue weighted by Crippen LogP contribution is 1.89. The predicted octanol–water partition coefficient (Wildman–Crippen LogP) is -0.0127. The minimum atomic E-state index is -0.383. The molecular weight excluding hydrogens is 158 g/mol. The summed E-state index contributed by atoms with van der Waals surface area (Å²) in [5.74, 6) is -0.383. The number of methoxy groups -OCH3 is 1. The Labute approximate surface area is 72.4 Å². The van der Waals surface area contributed by atoms with Crippen LogP contribution in [0.25, 0.3) is 0 Å². The van der Waals surface area contributed by atoms with Gasteiger partial charge in [-0.05, 0) is 6.92 Å². The molecule has 1 N–H and O–H groups in total. The zero-order valence-electron chi connectivity index (χ0n) is 7.49. The Morgan fingerprint density at radius 1 is 1.67 bits per heavy atom. The van der Waals surface area contributed by atoms with E-state index in [0.717, 1.165) is 6.54 Å². The first-order valence-corrected chi connectivity index (χ1v) is 3.85. The number of rotatable bonds is 5. The number of carbonyl (C=O) groups excluding carboxylic acids is 1. The van der Waals surface area contributed by atoms with Crippen LogP contribution >= 0.6 is 0 Å². The van der Waals surface area contributed by atoms with E-state index in [4.69, 9.17) is 5.11 Å². The van der Waals surface area contributed by atoms with Gasteiger partial charge in [0.1, 0.15) is 0 Å². The number of carbonyl (C=O) groups is 1. The van der Waals surface area contributed by atoms with Gasteiger partial charge >= 0.3 is 5.97 Å². The highest BCUT2D eigenvalue weighted by molar-refractivity contribution is 5.81. The fourth-order valence-corrected chi connectivity index (χ4v) is 0.701. The maximum Gasteiger partial charge on any atom is 0.331 e. The lowest BCUT2D eigenvalue weighted by molar-refractivity contribution is -0.134. The van der Waals surface area contributed by atoms with Gasteiger partial charge in [0.05, 0.1) is 13.7 Å². The minimum Gasteiger partial charge on any atom is -0.466 e. The van der Waals surface area contributed by atoms with E-state index in [9.17, 15) is 4.79 Å². The van der Waals surface area contributed by atoms with E-state index >= 15 is 0 Å². The monoisotopic (exact) mass is 173 g/mol. The molecule has 0 heterocycles. The molecule has 4 heteroatoms. The molecule has 0 rings (SSSR count). The van der Waals surface area contributed by atoms with Crippen LogP contribution in [0.1, 0.15) is 6.92 Å². The summed E-state index contributed by atoms with van der Waals surface area (Å²) in [5.41, 5.74) is 0. The second-order valence-electron chi connectivity index (χ2n) is 2.19. The standard InChI is InChI=1S/C8H15NO3/c1-3-9(6-7-10)5-4-8(11)12-2/h4-5,10H,3,6-7H2,1-2H3. The normalized spacial score (nSPS) is 10.2. The Hall–Kier alpha value is -1.03. The number of likely N-dealkylation sites (N-methyl/N-ethyl adjacent to an activating group) is 1. The summed E-state index contributed by atoms with van der Waals surface area (Å²) in [6.45, 7) is 3.31. The van der Waals surface area contributed by atoms with Crippen molar-refractivity contribution in [3.8, 4) is 0 Å². The van der Waals surface area contributed by atoms with Crippen molar-refractivity contribution in [1.82, 2.24) is 4.90 Å². The fourth-order valence-electron chi connectivity index (χ4n) is 0.701. The SMILES string of the molecule is CCN(C=CC(=O)OC)CCO. The van der Waals surface area contributed by atoms with Crippen LogP contribution in [0.4, 0.5) is 0 Å². The van der Waals surface area contributed by atoms with Crippen LogP contribution in [0.15, 0.2) is 12.3 Å². The van der Waals surface area contributed by atoms with Crippen LogP contribution in [0.2, 0.25) is 0 Å². The summed E-state index contributed by atoms with van der Waals surface area (Å²) in [7, 11) is 1.33. The lowest BCUT2D eigenvalue weighted by atomic mass is 10.5. The molecule has 0 aromatic rings. The molecule has 0 amide bonds. The van der Waals surface area contributed by atoms with Crippen molar-refractivity contribution in [1.29, 1.82) is 0 Å². The molecule has 0 atom stereocenters. The zero-order chi connectivity index (χ0) is 9.40. The molecule has 0 aromatic heterocycles. The molecule has 0 aliphatic heterocycles. The van der Waals surface area contributed by atoms with Crippen LogP contribution in [0.3, 0.4) is 0 Å². The second kappa shape index (κ2) is 6.67. The van der Waals surface area contributed by atoms with Crippen molar-refractivity contribution in [3.63, 3.8) is 0 Å². The zero-order valence-corrected chi connectivity index (χ0v) is 7.49. The maximum atomic E-state index is 10.6. The van der Waals surface area contributed by atoms with Crippen molar-refractivity contribution in [2.75, 3.05) is 26.8 Å². The first-order valence-electron chi connectivity index (χ1n) is 3.85. The summed E-state index contributed by atoms with van der Waals surface area (Å²) >= 11 is 0. The number of esters is 1. The number of nitrogens with zero attached hydrogens (tertiary/aromatic N) is 1. The molecule has 0 aliphatic carbocycles. The first kappa shape index (κ1) is 11.0. The molecule has 0 bridgehead atoms. The van der Waals surface area contributed by atoms with Crippen LogP contribution in [-0.4, -0.2) is 42.8 Å². The van der Waals surface area contributed by atoms with E-state index < -0.39 is 0 Å². The third-order valence-corrected chi connectivity index (χ3v) is 1.42. The van der Waals surface area contributed by atoms with Gasteiger partial charge in [0, 0.05) is 25.4 Å². The molecule has 0 aliphatic rings. The van der Waals surface area contributed by atoms with E-state index in [0.29, 0.717) is 6.54 Å². The van der Waals surface area contributed by atoms with Gasteiger partial charge in [0.15, 0.2) is 0 Å². The Morgan fingerprint density at radius 2 is 2.33 bits per heavy atom. The van der Waals surface area contributed by atoms with Gasteiger partial charge in [0.2, 0.25) is 0 Å².